The zero-order valence-electron chi connectivity index (χ0n) is 11.5. The molecule has 1 heterocycles. The van der Waals surface area contributed by atoms with Crippen LogP contribution in [0, 0.1) is 0 Å². The highest BCUT2D eigenvalue weighted by Gasteiger charge is 2.25. The summed E-state index contributed by atoms with van der Waals surface area (Å²) in [6, 6.07) is 5.77. The Morgan fingerprint density at radius 2 is 2.30 bits per heavy atom. The highest BCUT2D eigenvalue weighted by atomic mass is 16.4. The van der Waals surface area contributed by atoms with E-state index in [1.807, 2.05) is 13.1 Å². The number of rotatable bonds is 3. The number of hydrogen-bond acceptors (Lipinski definition) is 3. The molecule has 5 nitrogen and oxygen atoms in total. The number of aromatic amines is 1. The molecule has 0 bridgehead atoms. The normalized spacial score (nSPS) is 23.1. The van der Waals surface area contributed by atoms with E-state index in [4.69, 9.17) is 0 Å². The van der Waals surface area contributed by atoms with Gasteiger partial charge in [0.2, 0.25) is 0 Å². The molecule has 3 rings (SSSR count). The summed E-state index contributed by atoms with van der Waals surface area (Å²) in [5, 5.41) is 12.5. The molecule has 1 aliphatic rings. The van der Waals surface area contributed by atoms with Gasteiger partial charge < -0.3 is 15.4 Å². The molecule has 0 saturated heterocycles. The second-order valence-electron chi connectivity index (χ2n) is 5.48. The maximum Gasteiger partial charge on any atom is 0.337 e. The van der Waals surface area contributed by atoms with Gasteiger partial charge >= 0.3 is 5.97 Å². The van der Waals surface area contributed by atoms with Gasteiger partial charge in [-0.3, -0.25) is 0 Å². The van der Waals surface area contributed by atoms with Crippen molar-refractivity contribution in [3.63, 3.8) is 0 Å². The molecule has 5 heteroatoms. The number of nitrogens with one attached hydrogen (secondary N) is 2. The number of para-hydroxylation sites is 1. The number of fused-ring (bicyclic) bond motifs is 1. The van der Waals surface area contributed by atoms with Gasteiger partial charge in [-0.25, -0.2) is 9.78 Å². The minimum absolute atomic E-state index is 0.269. The molecule has 1 saturated carbocycles. The third-order valence-corrected chi connectivity index (χ3v) is 4.23. The second-order valence-corrected chi connectivity index (χ2v) is 5.48. The van der Waals surface area contributed by atoms with Crippen molar-refractivity contribution in [3.05, 3.63) is 29.6 Å². The van der Waals surface area contributed by atoms with Gasteiger partial charge in [0.15, 0.2) is 0 Å². The van der Waals surface area contributed by atoms with Crippen LogP contribution in [0.1, 0.15) is 47.8 Å². The van der Waals surface area contributed by atoms with Gasteiger partial charge in [0.25, 0.3) is 0 Å². The summed E-state index contributed by atoms with van der Waals surface area (Å²) in [5.74, 6) is 0.384. The van der Waals surface area contributed by atoms with Crippen molar-refractivity contribution in [2.24, 2.45) is 0 Å². The van der Waals surface area contributed by atoms with Gasteiger partial charge in [0.05, 0.1) is 11.1 Å². The predicted molar refractivity (Wildman–Crippen MR) is 77.1 cm³/mol. The van der Waals surface area contributed by atoms with Crippen LogP contribution in [0.2, 0.25) is 0 Å². The van der Waals surface area contributed by atoms with Gasteiger partial charge in [-0.2, -0.15) is 0 Å². The lowest BCUT2D eigenvalue weighted by Crippen LogP contribution is -2.30. The van der Waals surface area contributed by atoms with Crippen molar-refractivity contribution in [3.8, 4) is 0 Å². The first kappa shape index (κ1) is 13.1. The number of benzene rings is 1. The van der Waals surface area contributed by atoms with E-state index in [2.05, 4.69) is 15.3 Å². The first-order valence-electron chi connectivity index (χ1n) is 7.08. The molecule has 106 valence electrons. The number of carbonyl (C=O) groups is 1. The molecule has 1 aromatic heterocycles. The summed E-state index contributed by atoms with van der Waals surface area (Å²) in [6.45, 7) is 0. The number of carboxylic acid groups (broad SMARTS) is 1. The first-order chi connectivity index (χ1) is 9.69. The van der Waals surface area contributed by atoms with Crippen LogP contribution in [0.4, 0.5) is 0 Å². The van der Waals surface area contributed by atoms with Gasteiger partial charge in [-0.1, -0.05) is 12.5 Å². The molecule has 0 aliphatic heterocycles. The van der Waals surface area contributed by atoms with Crippen LogP contribution in [0.15, 0.2) is 18.2 Å². The third-order valence-electron chi connectivity index (χ3n) is 4.23. The Hall–Kier alpha value is -1.88. The van der Waals surface area contributed by atoms with Gasteiger partial charge in [-0.05, 0) is 38.4 Å². The van der Waals surface area contributed by atoms with E-state index >= 15 is 0 Å². The minimum atomic E-state index is -0.926. The number of imidazole rings is 1. The fourth-order valence-corrected chi connectivity index (χ4v) is 3.12. The van der Waals surface area contributed by atoms with Gasteiger partial charge in [-0.15, -0.1) is 0 Å². The van der Waals surface area contributed by atoms with Crippen molar-refractivity contribution in [1.29, 1.82) is 0 Å². The summed E-state index contributed by atoms with van der Waals surface area (Å²) in [7, 11) is 1.99. The zero-order valence-corrected chi connectivity index (χ0v) is 11.5. The van der Waals surface area contributed by atoms with Crippen LogP contribution >= 0.6 is 0 Å². The van der Waals surface area contributed by atoms with Crippen molar-refractivity contribution in [2.75, 3.05) is 7.05 Å². The summed E-state index contributed by atoms with van der Waals surface area (Å²) in [4.78, 5) is 19.1. The Kier molecular flexibility index (Phi) is 3.44. The molecule has 1 aromatic carbocycles. The van der Waals surface area contributed by atoms with E-state index in [-0.39, 0.29) is 5.56 Å². The van der Waals surface area contributed by atoms with Crippen LogP contribution in [0.3, 0.4) is 0 Å². The summed E-state index contributed by atoms with van der Waals surface area (Å²) in [5.41, 5.74) is 1.65. The average molecular weight is 273 g/mol. The van der Waals surface area contributed by atoms with E-state index in [1.165, 1.54) is 12.8 Å². The summed E-state index contributed by atoms with van der Waals surface area (Å²) >= 11 is 0. The number of aromatic nitrogens is 2. The number of aromatic carboxylic acids is 1. The van der Waals surface area contributed by atoms with Crippen LogP contribution in [-0.2, 0) is 0 Å². The molecular formula is C15H19N3O2. The molecule has 2 atom stereocenters. The Bertz CT molecular complexity index is 635. The largest absolute Gasteiger partial charge is 0.478 e. The predicted octanol–water partition coefficient (Wildman–Crippen LogP) is 2.51. The highest BCUT2D eigenvalue weighted by molar-refractivity contribution is 6.00. The monoisotopic (exact) mass is 273 g/mol. The second kappa shape index (κ2) is 5.25. The van der Waals surface area contributed by atoms with Crippen LogP contribution in [-0.4, -0.2) is 34.1 Å². The van der Waals surface area contributed by atoms with Crippen molar-refractivity contribution >= 4 is 17.0 Å². The highest BCUT2D eigenvalue weighted by Crippen LogP contribution is 2.32. The van der Waals surface area contributed by atoms with Crippen LogP contribution in [0.5, 0.6) is 0 Å². The van der Waals surface area contributed by atoms with E-state index in [9.17, 15) is 9.90 Å². The maximum absolute atomic E-state index is 11.2. The van der Waals surface area contributed by atoms with E-state index in [0.717, 1.165) is 24.2 Å². The Morgan fingerprint density at radius 3 is 3.05 bits per heavy atom. The smallest absolute Gasteiger partial charge is 0.337 e. The Balaban J connectivity index is 1.96. The lowest BCUT2D eigenvalue weighted by molar-refractivity contribution is 0.0699. The maximum atomic E-state index is 11.2. The zero-order chi connectivity index (χ0) is 14.1. The minimum Gasteiger partial charge on any atom is -0.478 e. The fourth-order valence-electron chi connectivity index (χ4n) is 3.12. The van der Waals surface area contributed by atoms with Crippen molar-refractivity contribution in [1.82, 2.24) is 15.3 Å². The summed E-state index contributed by atoms with van der Waals surface area (Å²) < 4.78 is 0. The van der Waals surface area contributed by atoms with Crippen LogP contribution < -0.4 is 5.32 Å². The molecule has 0 radical (unpaired) electrons. The lowest BCUT2D eigenvalue weighted by Gasteiger charge is -2.27. The first-order valence-corrected chi connectivity index (χ1v) is 7.08. The molecule has 1 aliphatic carbocycles. The number of nitrogens with zero attached hydrogens (tertiary/aromatic N) is 1. The Morgan fingerprint density at radius 1 is 1.45 bits per heavy atom. The standard InChI is InChI=1S/C15H19N3O2/c1-16-10-5-2-4-9(8-10)14-17-12-7-3-6-11(15(19)20)13(12)18-14/h3,6-7,9-10,16H,2,4-5,8H2,1H3,(H,17,18)(H,19,20). The molecule has 2 aromatic rings. The molecule has 0 amide bonds. The molecule has 1 fully saturated rings. The van der Waals surface area contributed by atoms with Crippen molar-refractivity contribution in [2.45, 2.75) is 37.6 Å². The molecule has 3 N–H and O–H groups in total. The molecular weight excluding hydrogens is 254 g/mol. The third kappa shape index (κ3) is 2.29. The quantitative estimate of drug-likeness (QED) is 0.803. The van der Waals surface area contributed by atoms with Crippen molar-refractivity contribution < 1.29 is 9.90 Å². The SMILES string of the molecule is CNC1CCCC(c2nc3c(C(=O)O)cccc3[nH]2)C1. The number of H-pyrrole nitrogens is 1. The fraction of sp³-hybridized carbons (Fsp3) is 0.467. The molecule has 0 spiro atoms. The Labute approximate surface area is 117 Å². The van der Waals surface area contributed by atoms with E-state index in [1.54, 1.807) is 12.1 Å². The average Bonchev–Trinajstić information content (AvgIpc) is 2.91. The molecule has 2 unspecified atom stereocenters. The van der Waals surface area contributed by atoms with E-state index < -0.39 is 5.97 Å². The summed E-state index contributed by atoms with van der Waals surface area (Å²) in [6.07, 6.45) is 4.55. The molecule has 20 heavy (non-hydrogen) atoms. The number of carboxylic acids is 1. The van der Waals surface area contributed by atoms with Gasteiger partial charge in [0, 0.05) is 12.0 Å². The topological polar surface area (TPSA) is 78.0 Å². The van der Waals surface area contributed by atoms with E-state index in [0.29, 0.717) is 17.5 Å². The van der Waals surface area contributed by atoms with Gasteiger partial charge in [0.1, 0.15) is 11.3 Å². The number of hydrogen-bond donors (Lipinski definition) is 3. The van der Waals surface area contributed by atoms with Crippen LogP contribution in [0.25, 0.3) is 11.0 Å². The lowest BCUT2D eigenvalue weighted by atomic mass is 9.85.